The summed E-state index contributed by atoms with van der Waals surface area (Å²) in [4.78, 5) is 11.3. The van der Waals surface area contributed by atoms with E-state index in [-0.39, 0.29) is 18.3 Å². The SMILES string of the molecule is Nc1ccc(COc2ccc3c(c2)CCC(=O)N3)c(F)c1. The number of nitrogen functional groups attached to an aromatic ring is 1. The average molecular weight is 286 g/mol. The molecule has 0 aliphatic carbocycles. The van der Waals surface area contributed by atoms with E-state index in [0.29, 0.717) is 29.8 Å². The Morgan fingerprint density at radius 2 is 2.05 bits per heavy atom. The first kappa shape index (κ1) is 13.4. The molecule has 2 aromatic carbocycles. The van der Waals surface area contributed by atoms with Crippen molar-refractivity contribution in [1.82, 2.24) is 0 Å². The largest absolute Gasteiger partial charge is 0.489 e. The highest BCUT2D eigenvalue weighted by molar-refractivity contribution is 5.93. The van der Waals surface area contributed by atoms with E-state index in [1.807, 2.05) is 6.07 Å². The van der Waals surface area contributed by atoms with Gasteiger partial charge in [-0.25, -0.2) is 4.39 Å². The zero-order valence-corrected chi connectivity index (χ0v) is 11.4. The first-order valence-corrected chi connectivity index (χ1v) is 6.71. The molecule has 2 aromatic rings. The van der Waals surface area contributed by atoms with Gasteiger partial charge >= 0.3 is 0 Å². The minimum atomic E-state index is -0.375. The van der Waals surface area contributed by atoms with E-state index in [2.05, 4.69) is 5.32 Å². The maximum Gasteiger partial charge on any atom is 0.224 e. The molecule has 3 rings (SSSR count). The summed E-state index contributed by atoms with van der Waals surface area (Å²) < 4.78 is 19.3. The molecule has 0 radical (unpaired) electrons. The van der Waals surface area contributed by atoms with Gasteiger partial charge in [-0.2, -0.15) is 0 Å². The van der Waals surface area contributed by atoms with Crippen molar-refractivity contribution in [3.63, 3.8) is 0 Å². The molecule has 1 aliphatic rings. The number of carbonyl (C=O) groups is 1. The second-order valence-corrected chi connectivity index (χ2v) is 5.01. The van der Waals surface area contributed by atoms with Crippen LogP contribution in [0.1, 0.15) is 17.5 Å². The van der Waals surface area contributed by atoms with Gasteiger partial charge in [-0.15, -0.1) is 0 Å². The summed E-state index contributed by atoms with van der Waals surface area (Å²) in [5.41, 5.74) is 8.20. The van der Waals surface area contributed by atoms with Gasteiger partial charge in [0.25, 0.3) is 0 Å². The van der Waals surface area contributed by atoms with Crippen LogP contribution >= 0.6 is 0 Å². The molecule has 1 aliphatic heterocycles. The smallest absolute Gasteiger partial charge is 0.224 e. The van der Waals surface area contributed by atoms with Gasteiger partial charge in [-0.05, 0) is 42.3 Å². The minimum Gasteiger partial charge on any atom is -0.489 e. The topological polar surface area (TPSA) is 64.3 Å². The Morgan fingerprint density at radius 1 is 1.19 bits per heavy atom. The Bertz CT molecular complexity index is 701. The number of benzene rings is 2. The Morgan fingerprint density at radius 3 is 2.86 bits per heavy atom. The number of rotatable bonds is 3. The lowest BCUT2D eigenvalue weighted by Crippen LogP contribution is -2.18. The normalized spacial score (nSPS) is 13.5. The average Bonchev–Trinajstić information content (AvgIpc) is 2.46. The molecule has 0 bridgehead atoms. The highest BCUT2D eigenvalue weighted by Gasteiger charge is 2.15. The maximum absolute atomic E-state index is 13.7. The van der Waals surface area contributed by atoms with Gasteiger partial charge in [-0.3, -0.25) is 4.79 Å². The molecule has 1 heterocycles. The van der Waals surface area contributed by atoms with Crippen molar-refractivity contribution in [3.05, 3.63) is 53.3 Å². The third kappa shape index (κ3) is 2.97. The number of carbonyl (C=O) groups excluding carboxylic acids is 1. The van der Waals surface area contributed by atoms with Crippen molar-refractivity contribution in [2.24, 2.45) is 0 Å². The van der Waals surface area contributed by atoms with Crippen LogP contribution in [-0.4, -0.2) is 5.91 Å². The van der Waals surface area contributed by atoms with Crippen LogP contribution < -0.4 is 15.8 Å². The summed E-state index contributed by atoms with van der Waals surface area (Å²) in [6.45, 7) is 0.136. The van der Waals surface area contributed by atoms with E-state index >= 15 is 0 Å². The molecule has 108 valence electrons. The van der Waals surface area contributed by atoms with Gasteiger partial charge in [0.2, 0.25) is 5.91 Å². The molecule has 21 heavy (non-hydrogen) atoms. The molecule has 0 aromatic heterocycles. The number of nitrogens with two attached hydrogens (primary N) is 1. The number of hydrogen-bond acceptors (Lipinski definition) is 3. The molecule has 0 saturated carbocycles. The molecule has 4 nitrogen and oxygen atoms in total. The predicted octanol–water partition coefficient (Wildman–Crippen LogP) is 2.87. The monoisotopic (exact) mass is 286 g/mol. The number of halogens is 1. The van der Waals surface area contributed by atoms with Gasteiger partial charge in [0, 0.05) is 23.4 Å². The van der Waals surface area contributed by atoms with Gasteiger partial charge in [0.15, 0.2) is 0 Å². The maximum atomic E-state index is 13.7. The summed E-state index contributed by atoms with van der Waals surface area (Å²) >= 11 is 0. The summed E-state index contributed by atoms with van der Waals surface area (Å²) in [6, 6.07) is 9.99. The van der Waals surface area contributed by atoms with E-state index in [0.717, 1.165) is 11.3 Å². The fourth-order valence-electron chi connectivity index (χ4n) is 2.29. The van der Waals surface area contributed by atoms with Crippen LogP contribution in [0, 0.1) is 5.82 Å². The molecule has 0 spiro atoms. The zero-order chi connectivity index (χ0) is 14.8. The van der Waals surface area contributed by atoms with Crippen LogP contribution in [0.5, 0.6) is 5.75 Å². The third-order valence-electron chi connectivity index (χ3n) is 3.44. The number of ether oxygens (including phenoxy) is 1. The highest BCUT2D eigenvalue weighted by Crippen LogP contribution is 2.27. The van der Waals surface area contributed by atoms with Gasteiger partial charge < -0.3 is 15.8 Å². The van der Waals surface area contributed by atoms with Crippen molar-refractivity contribution >= 4 is 17.3 Å². The molecule has 0 atom stereocenters. The number of hydrogen-bond donors (Lipinski definition) is 2. The van der Waals surface area contributed by atoms with Gasteiger partial charge in [0.1, 0.15) is 18.2 Å². The van der Waals surface area contributed by atoms with Crippen molar-refractivity contribution in [2.75, 3.05) is 11.1 Å². The molecule has 3 N–H and O–H groups in total. The van der Waals surface area contributed by atoms with Crippen LogP contribution in [0.2, 0.25) is 0 Å². The number of aryl methyl sites for hydroxylation is 1. The second kappa shape index (κ2) is 5.44. The quantitative estimate of drug-likeness (QED) is 0.853. The van der Waals surface area contributed by atoms with E-state index in [1.165, 1.54) is 6.07 Å². The number of fused-ring (bicyclic) bond motifs is 1. The fourth-order valence-corrected chi connectivity index (χ4v) is 2.29. The number of anilines is 2. The molecule has 0 fully saturated rings. The lowest BCUT2D eigenvalue weighted by Gasteiger charge is -2.17. The van der Waals surface area contributed by atoms with Crippen molar-refractivity contribution < 1.29 is 13.9 Å². The molecular formula is C16H15FN2O2. The Hall–Kier alpha value is -2.56. The molecule has 0 unspecified atom stereocenters. The summed E-state index contributed by atoms with van der Waals surface area (Å²) in [5.74, 6) is 0.307. The first-order chi connectivity index (χ1) is 10.1. The zero-order valence-electron chi connectivity index (χ0n) is 11.4. The molecule has 5 heteroatoms. The number of amides is 1. The molecular weight excluding hydrogens is 271 g/mol. The van der Waals surface area contributed by atoms with Crippen LogP contribution in [0.4, 0.5) is 15.8 Å². The third-order valence-corrected chi connectivity index (χ3v) is 3.44. The molecule has 1 amide bonds. The van der Waals surface area contributed by atoms with Crippen molar-refractivity contribution in [2.45, 2.75) is 19.4 Å². The highest BCUT2D eigenvalue weighted by atomic mass is 19.1. The van der Waals surface area contributed by atoms with E-state index < -0.39 is 0 Å². The Balaban J connectivity index is 1.72. The van der Waals surface area contributed by atoms with Gasteiger partial charge in [-0.1, -0.05) is 6.07 Å². The Labute approximate surface area is 121 Å². The van der Waals surface area contributed by atoms with E-state index in [9.17, 15) is 9.18 Å². The van der Waals surface area contributed by atoms with Crippen LogP contribution in [0.15, 0.2) is 36.4 Å². The van der Waals surface area contributed by atoms with Crippen LogP contribution in [-0.2, 0) is 17.8 Å². The minimum absolute atomic E-state index is 0.0279. The first-order valence-electron chi connectivity index (χ1n) is 6.71. The summed E-state index contributed by atoms with van der Waals surface area (Å²) in [6.07, 6.45) is 1.16. The van der Waals surface area contributed by atoms with Crippen molar-refractivity contribution in [1.29, 1.82) is 0 Å². The second-order valence-electron chi connectivity index (χ2n) is 5.01. The van der Waals surface area contributed by atoms with Crippen LogP contribution in [0.25, 0.3) is 0 Å². The lowest BCUT2D eigenvalue weighted by atomic mass is 10.0. The fraction of sp³-hybridized carbons (Fsp3) is 0.188. The van der Waals surface area contributed by atoms with Crippen molar-refractivity contribution in [3.8, 4) is 5.75 Å². The molecule has 0 saturated heterocycles. The lowest BCUT2D eigenvalue weighted by molar-refractivity contribution is -0.116. The van der Waals surface area contributed by atoms with E-state index in [4.69, 9.17) is 10.5 Å². The standard InChI is InChI=1S/C16H15FN2O2/c17-14-8-12(18)3-1-11(14)9-21-13-4-5-15-10(7-13)2-6-16(20)19-15/h1,3-5,7-8H,2,6,9,18H2,(H,19,20). The Kier molecular flexibility index (Phi) is 3.48. The van der Waals surface area contributed by atoms with E-state index in [1.54, 1.807) is 24.3 Å². The van der Waals surface area contributed by atoms with Crippen LogP contribution in [0.3, 0.4) is 0 Å². The number of nitrogens with one attached hydrogen (secondary N) is 1. The predicted molar refractivity (Wildman–Crippen MR) is 78.5 cm³/mol. The summed E-state index contributed by atoms with van der Waals surface area (Å²) in [7, 11) is 0. The van der Waals surface area contributed by atoms with Gasteiger partial charge in [0.05, 0.1) is 0 Å². The summed E-state index contributed by atoms with van der Waals surface area (Å²) in [5, 5.41) is 2.81.